The Morgan fingerprint density at radius 1 is 1.03 bits per heavy atom. The molecule has 0 saturated heterocycles. The van der Waals surface area contributed by atoms with E-state index >= 15 is 0 Å². The zero-order chi connectivity index (χ0) is 22.0. The number of benzene rings is 1. The van der Waals surface area contributed by atoms with Crippen LogP contribution < -0.4 is 0 Å². The van der Waals surface area contributed by atoms with Crippen LogP contribution >= 0.6 is 0 Å². The van der Waals surface area contributed by atoms with Gasteiger partial charge in [-0.1, -0.05) is 38.5 Å². The molecule has 0 radical (unpaired) electrons. The quantitative estimate of drug-likeness (QED) is 0.368. The third-order valence-electron chi connectivity index (χ3n) is 6.00. The molecule has 1 saturated carbocycles. The topological polar surface area (TPSA) is 78.9 Å². The molecule has 3 atom stereocenters. The average Bonchev–Trinajstić information content (AvgIpc) is 2.59. The van der Waals surface area contributed by atoms with Crippen molar-refractivity contribution in [1.82, 2.24) is 0 Å². The molecule has 0 aliphatic heterocycles. The molecular weight excluding hydrogens is 408 g/mol. The molecule has 0 amide bonds. The molecule has 0 heterocycles. The summed E-state index contributed by atoms with van der Waals surface area (Å²) in [5.41, 5.74) is 0.968. The van der Waals surface area contributed by atoms with Crippen LogP contribution in [-0.2, 0) is 28.3 Å². The highest BCUT2D eigenvalue weighted by atomic mass is 32.2. The number of aryl methyl sites for hydroxylation is 1. The van der Waals surface area contributed by atoms with Crippen LogP contribution in [0.1, 0.15) is 45.6 Å². The number of esters is 1. The fourth-order valence-electron chi connectivity index (χ4n) is 3.28. The first-order valence-electron chi connectivity index (χ1n) is 10.0. The molecule has 0 bridgehead atoms. The van der Waals surface area contributed by atoms with Crippen LogP contribution in [0.3, 0.4) is 0 Å². The Balaban J connectivity index is 2.21. The summed E-state index contributed by atoms with van der Waals surface area (Å²) >= 11 is 0. The first kappa shape index (κ1) is 24.1. The molecule has 1 aromatic rings. The van der Waals surface area contributed by atoms with Crippen LogP contribution in [0.5, 0.6) is 0 Å². The van der Waals surface area contributed by atoms with Crippen molar-refractivity contribution in [1.29, 1.82) is 0 Å². The summed E-state index contributed by atoms with van der Waals surface area (Å²) in [4.78, 5) is 12.3. The summed E-state index contributed by atoms with van der Waals surface area (Å²) in [6.45, 7) is 12.6. The number of ether oxygens (including phenoxy) is 1. The monoisotopic (exact) mass is 442 g/mol. The number of carbonyl (C=O) groups excluding carboxylic acids is 1. The van der Waals surface area contributed by atoms with Gasteiger partial charge in [-0.15, -0.1) is 0 Å². The molecule has 0 unspecified atom stereocenters. The van der Waals surface area contributed by atoms with E-state index in [0.717, 1.165) is 5.56 Å². The summed E-state index contributed by atoms with van der Waals surface area (Å²) in [6, 6.07) is 6.54. The lowest BCUT2D eigenvalue weighted by Gasteiger charge is -2.42. The summed E-state index contributed by atoms with van der Waals surface area (Å²) in [6.07, 6.45) is 0.380. The highest BCUT2D eigenvalue weighted by molar-refractivity contribution is 7.86. The molecule has 8 heteroatoms. The Morgan fingerprint density at radius 2 is 1.59 bits per heavy atom. The van der Waals surface area contributed by atoms with E-state index in [4.69, 9.17) is 13.3 Å². The maximum Gasteiger partial charge on any atom is 0.308 e. The molecule has 2 rings (SSSR count). The molecule has 0 N–H and O–H groups in total. The smallest absolute Gasteiger partial charge is 0.308 e. The molecular formula is C21H34O6SSi. The second-order valence-electron chi connectivity index (χ2n) is 9.41. The van der Waals surface area contributed by atoms with Crippen molar-refractivity contribution in [3.05, 3.63) is 29.8 Å². The number of rotatable bonds is 6. The van der Waals surface area contributed by atoms with E-state index < -0.39 is 30.5 Å². The average molecular weight is 443 g/mol. The van der Waals surface area contributed by atoms with Crippen molar-refractivity contribution in [2.45, 2.75) is 82.2 Å². The van der Waals surface area contributed by atoms with Crippen molar-refractivity contribution < 1.29 is 26.6 Å². The first-order chi connectivity index (χ1) is 13.2. The largest absolute Gasteiger partial charge is 0.469 e. The first-order valence-corrected chi connectivity index (χ1v) is 14.3. The van der Waals surface area contributed by atoms with Gasteiger partial charge >= 0.3 is 5.97 Å². The molecule has 1 aliphatic rings. The van der Waals surface area contributed by atoms with Gasteiger partial charge in [0, 0.05) is 12.5 Å². The minimum Gasteiger partial charge on any atom is -0.469 e. The van der Waals surface area contributed by atoms with Crippen LogP contribution in [0.25, 0.3) is 0 Å². The zero-order valence-electron chi connectivity index (χ0n) is 18.5. The maximum absolute atomic E-state index is 12.7. The standard InChI is InChI=1S/C21H34O6SSi/c1-15-8-10-19(11-9-15)28(23,24)26-17-12-16(20(22)25-5)13-18(14-17)27-29(6,7)21(2,3)4/h8-11,16-18H,12-14H2,1-7H3/t16-,17+,18+/m0/s1. The zero-order valence-corrected chi connectivity index (χ0v) is 20.3. The van der Waals surface area contributed by atoms with E-state index in [1.54, 1.807) is 12.1 Å². The van der Waals surface area contributed by atoms with Gasteiger partial charge in [-0.2, -0.15) is 8.42 Å². The number of hydrogen-bond donors (Lipinski definition) is 0. The number of carbonyl (C=O) groups is 1. The lowest BCUT2D eigenvalue weighted by molar-refractivity contribution is -0.149. The van der Waals surface area contributed by atoms with Crippen molar-refractivity contribution >= 4 is 24.4 Å². The van der Waals surface area contributed by atoms with E-state index in [0.29, 0.717) is 19.3 Å². The minimum atomic E-state index is -3.92. The van der Waals surface area contributed by atoms with Gasteiger partial charge in [0.15, 0.2) is 8.32 Å². The van der Waals surface area contributed by atoms with Gasteiger partial charge in [-0.05, 0) is 50.0 Å². The molecule has 29 heavy (non-hydrogen) atoms. The summed E-state index contributed by atoms with van der Waals surface area (Å²) in [5.74, 6) is -0.795. The molecule has 6 nitrogen and oxygen atoms in total. The van der Waals surface area contributed by atoms with Crippen LogP contribution in [-0.4, -0.2) is 42.0 Å². The van der Waals surface area contributed by atoms with Crippen LogP contribution in [0.2, 0.25) is 18.1 Å². The van der Waals surface area contributed by atoms with E-state index in [9.17, 15) is 13.2 Å². The molecule has 1 aliphatic carbocycles. The molecule has 164 valence electrons. The minimum absolute atomic E-state index is 0.00946. The lowest BCUT2D eigenvalue weighted by Crippen LogP contribution is -2.47. The van der Waals surface area contributed by atoms with Gasteiger partial charge in [0.25, 0.3) is 10.1 Å². The molecule has 0 spiro atoms. The van der Waals surface area contributed by atoms with Crippen LogP contribution in [0.4, 0.5) is 0 Å². The van der Waals surface area contributed by atoms with E-state index in [-0.39, 0.29) is 22.0 Å². The van der Waals surface area contributed by atoms with Crippen LogP contribution in [0.15, 0.2) is 29.2 Å². The normalized spacial score (nSPS) is 23.6. The lowest BCUT2D eigenvalue weighted by atomic mass is 9.85. The second kappa shape index (κ2) is 8.87. The molecule has 1 aromatic carbocycles. The molecule has 0 aromatic heterocycles. The fraction of sp³-hybridized carbons (Fsp3) is 0.667. The summed E-state index contributed by atoms with van der Waals surface area (Å²) < 4.78 is 42.5. The van der Waals surface area contributed by atoms with Crippen molar-refractivity contribution in [2.24, 2.45) is 5.92 Å². The van der Waals surface area contributed by atoms with Gasteiger partial charge in [0.1, 0.15) is 0 Å². The predicted molar refractivity (Wildman–Crippen MR) is 115 cm³/mol. The summed E-state index contributed by atoms with van der Waals surface area (Å²) in [5, 5.41) is 0.00946. The SMILES string of the molecule is COC(=O)[C@@H]1C[C@@H](O[Si](C)(C)C(C)(C)C)C[C@H](OS(=O)(=O)c2ccc(C)cc2)C1. The fourth-order valence-corrected chi connectivity index (χ4v) is 5.76. The van der Waals surface area contributed by atoms with Gasteiger partial charge in [0.2, 0.25) is 0 Å². The Hall–Kier alpha value is -1.22. The van der Waals surface area contributed by atoms with E-state index in [1.165, 1.54) is 19.2 Å². The number of hydrogen-bond acceptors (Lipinski definition) is 6. The highest BCUT2D eigenvalue weighted by Gasteiger charge is 2.43. The Bertz CT molecular complexity index is 811. The van der Waals surface area contributed by atoms with Crippen molar-refractivity contribution in [3.63, 3.8) is 0 Å². The van der Waals surface area contributed by atoms with Gasteiger partial charge in [-0.25, -0.2) is 0 Å². The third kappa shape index (κ3) is 6.13. The summed E-state index contributed by atoms with van der Waals surface area (Å²) in [7, 11) is -4.66. The van der Waals surface area contributed by atoms with E-state index in [1.807, 2.05) is 6.92 Å². The highest BCUT2D eigenvalue weighted by Crippen LogP contribution is 2.40. The maximum atomic E-state index is 12.7. The van der Waals surface area contributed by atoms with Gasteiger partial charge in [-0.3, -0.25) is 8.98 Å². The second-order valence-corrected chi connectivity index (χ2v) is 15.7. The number of methoxy groups -OCH3 is 1. The van der Waals surface area contributed by atoms with E-state index in [2.05, 4.69) is 33.9 Å². The predicted octanol–water partition coefficient (Wildman–Crippen LogP) is 4.43. The van der Waals surface area contributed by atoms with Crippen molar-refractivity contribution in [2.75, 3.05) is 7.11 Å². The third-order valence-corrected chi connectivity index (χ3v) is 11.9. The Morgan fingerprint density at radius 3 is 2.10 bits per heavy atom. The Kier molecular flexibility index (Phi) is 7.36. The molecule has 1 fully saturated rings. The van der Waals surface area contributed by atoms with Gasteiger partial charge in [0.05, 0.1) is 24.0 Å². The van der Waals surface area contributed by atoms with Gasteiger partial charge < -0.3 is 9.16 Å². The van der Waals surface area contributed by atoms with Crippen LogP contribution in [0, 0.1) is 12.8 Å². The van der Waals surface area contributed by atoms with Crippen molar-refractivity contribution in [3.8, 4) is 0 Å². The Labute approximate surface area is 176 Å².